The zero-order chi connectivity index (χ0) is 19.0. The molecule has 0 fully saturated rings. The molecule has 5 nitrogen and oxygen atoms in total. The minimum atomic E-state index is -1.41. The van der Waals surface area contributed by atoms with Gasteiger partial charge < -0.3 is 5.73 Å². The van der Waals surface area contributed by atoms with Crippen molar-refractivity contribution in [3.05, 3.63) is 40.2 Å². The summed E-state index contributed by atoms with van der Waals surface area (Å²) in [7, 11) is 0. The first-order valence-electron chi connectivity index (χ1n) is 7.66. The van der Waals surface area contributed by atoms with Crippen molar-refractivity contribution < 1.29 is 9.18 Å². The Morgan fingerprint density at radius 1 is 1.48 bits per heavy atom. The standard InChI is InChI=1S/C18H22ClFN4O/c1-12(10-25)7-14(8-22-11-18(3,4)20)9-24-13(2)16-15(21)5-6-23-17(16)19/h5-8H,9,11H2,1-4H3,(H2,21,23)/b14-7+,22-8?,24-13?. The smallest absolute Gasteiger partial charge is 0.140 e. The van der Waals surface area contributed by atoms with Gasteiger partial charge in [0.1, 0.15) is 16.8 Å². The topological polar surface area (TPSA) is 80.7 Å². The zero-order valence-electron chi connectivity index (χ0n) is 14.8. The van der Waals surface area contributed by atoms with Crippen molar-refractivity contribution in [2.24, 2.45) is 9.98 Å². The normalized spacial score (nSPS) is 13.2. The molecule has 0 aliphatic rings. The van der Waals surface area contributed by atoms with Crippen LogP contribution in [-0.4, -0.2) is 41.6 Å². The second-order valence-electron chi connectivity index (χ2n) is 6.16. The van der Waals surface area contributed by atoms with Gasteiger partial charge in [-0.1, -0.05) is 11.6 Å². The molecule has 0 saturated heterocycles. The van der Waals surface area contributed by atoms with Crippen LogP contribution in [0.3, 0.4) is 0 Å². The summed E-state index contributed by atoms with van der Waals surface area (Å²) in [5.41, 5.74) is 7.19. The van der Waals surface area contributed by atoms with Crippen LogP contribution in [0, 0.1) is 0 Å². The van der Waals surface area contributed by atoms with Crippen molar-refractivity contribution >= 4 is 35.2 Å². The van der Waals surface area contributed by atoms with Crippen LogP contribution >= 0.6 is 11.6 Å². The van der Waals surface area contributed by atoms with Crippen LogP contribution in [0.25, 0.3) is 0 Å². The van der Waals surface area contributed by atoms with Gasteiger partial charge in [0, 0.05) is 29.4 Å². The van der Waals surface area contributed by atoms with Crippen LogP contribution in [0.1, 0.15) is 33.3 Å². The molecule has 0 amide bonds. The van der Waals surface area contributed by atoms with Crippen LogP contribution in [0.5, 0.6) is 0 Å². The summed E-state index contributed by atoms with van der Waals surface area (Å²) in [5, 5.41) is 0.267. The summed E-state index contributed by atoms with van der Waals surface area (Å²) >= 11 is 6.07. The Labute approximate surface area is 152 Å². The molecule has 0 unspecified atom stereocenters. The van der Waals surface area contributed by atoms with E-state index in [-0.39, 0.29) is 18.2 Å². The number of nitrogen functional groups attached to an aromatic ring is 1. The van der Waals surface area contributed by atoms with E-state index in [9.17, 15) is 9.18 Å². The SMILES string of the molecule is CC(=C=O)/C=C(\C=NCC(C)(C)F)CN=C(C)c1c(N)ccnc1Cl. The van der Waals surface area contributed by atoms with Crippen LogP contribution in [0.4, 0.5) is 10.1 Å². The number of aromatic nitrogens is 1. The van der Waals surface area contributed by atoms with Crippen LogP contribution < -0.4 is 5.73 Å². The Hall–Kier alpha value is -2.30. The highest BCUT2D eigenvalue weighted by molar-refractivity contribution is 6.33. The first-order valence-corrected chi connectivity index (χ1v) is 8.04. The van der Waals surface area contributed by atoms with E-state index in [4.69, 9.17) is 17.3 Å². The van der Waals surface area contributed by atoms with E-state index in [1.807, 2.05) is 0 Å². The molecule has 0 aliphatic carbocycles. The Morgan fingerprint density at radius 3 is 2.72 bits per heavy atom. The molecule has 1 aromatic heterocycles. The van der Waals surface area contributed by atoms with E-state index in [1.54, 1.807) is 31.9 Å². The fourth-order valence-electron chi connectivity index (χ4n) is 1.91. The van der Waals surface area contributed by atoms with Gasteiger partial charge in [-0.3, -0.25) is 9.98 Å². The molecule has 0 bridgehead atoms. The Morgan fingerprint density at radius 2 is 2.16 bits per heavy atom. The van der Waals surface area contributed by atoms with Gasteiger partial charge in [0.15, 0.2) is 0 Å². The molecule has 1 rings (SSSR count). The summed E-state index contributed by atoms with van der Waals surface area (Å²) in [6.45, 7) is 6.51. The van der Waals surface area contributed by atoms with Crippen molar-refractivity contribution in [2.45, 2.75) is 33.4 Å². The lowest BCUT2D eigenvalue weighted by Crippen LogP contribution is -2.16. The maximum atomic E-state index is 13.5. The number of hydrogen-bond acceptors (Lipinski definition) is 5. The van der Waals surface area contributed by atoms with E-state index in [2.05, 4.69) is 15.0 Å². The number of rotatable bonds is 7. The highest BCUT2D eigenvalue weighted by Gasteiger charge is 2.13. The van der Waals surface area contributed by atoms with Gasteiger partial charge in [-0.2, -0.15) is 0 Å². The van der Waals surface area contributed by atoms with Gasteiger partial charge in [-0.05, 0) is 45.4 Å². The summed E-state index contributed by atoms with van der Waals surface area (Å²) in [6.07, 6.45) is 4.63. The molecule has 0 aromatic carbocycles. The Bertz CT molecular complexity index is 737. The Kier molecular flexibility index (Phi) is 7.68. The summed E-state index contributed by atoms with van der Waals surface area (Å²) in [5.74, 6) is 1.79. The number of nitrogens with two attached hydrogens (primary N) is 1. The van der Waals surface area contributed by atoms with Crippen molar-refractivity contribution in [1.29, 1.82) is 0 Å². The molecule has 25 heavy (non-hydrogen) atoms. The summed E-state index contributed by atoms with van der Waals surface area (Å²) in [4.78, 5) is 23.2. The minimum Gasteiger partial charge on any atom is -0.398 e. The van der Waals surface area contributed by atoms with E-state index < -0.39 is 5.67 Å². The van der Waals surface area contributed by atoms with Crippen molar-refractivity contribution in [1.82, 2.24) is 4.98 Å². The number of aliphatic imine (C=N–C) groups is 2. The number of alkyl halides is 1. The number of pyridine rings is 1. The van der Waals surface area contributed by atoms with E-state index in [0.29, 0.717) is 28.1 Å². The predicted molar refractivity (Wildman–Crippen MR) is 102 cm³/mol. The molecule has 0 saturated carbocycles. The fourth-order valence-corrected chi connectivity index (χ4v) is 2.21. The molecule has 0 atom stereocenters. The van der Waals surface area contributed by atoms with Gasteiger partial charge in [0.2, 0.25) is 0 Å². The Balaban J connectivity index is 3.06. The monoisotopic (exact) mass is 364 g/mol. The van der Waals surface area contributed by atoms with Gasteiger partial charge in [-0.25, -0.2) is 14.2 Å². The van der Waals surface area contributed by atoms with Crippen LogP contribution in [0.15, 0.2) is 39.5 Å². The lowest BCUT2D eigenvalue weighted by Gasteiger charge is -2.10. The third-order valence-electron chi connectivity index (χ3n) is 3.08. The maximum Gasteiger partial charge on any atom is 0.140 e. The lowest BCUT2D eigenvalue weighted by molar-refractivity contribution is 0.229. The average Bonchev–Trinajstić information content (AvgIpc) is 2.50. The highest BCUT2D eigenvalue weighted by atomic mass is 35.5. The van der Waals surface area contributed by atoms with Crippen LogP contribution in [-0.2, 0) is 4.79 Å². The fraction of sp³-hybridized carbons (Fsp3) is 0.389. The van der Waals surface area contributed by atoms with Gasteiger partial charge >= 0.3 is 0 Å². The van der Waals surface area contributed by atoms with E-state index in [0.717, 1.165) is 0 Å². The third kappa shape index (κ3) is 7.42. The first-order chi connectivity index (χ1) is 11.6. The molecule has 0 radical (unpaired) electrons. The van der Waals surface area contributed by atoms with E-state index in [1.165, 1.54) is 26.3 Å². The van der Waals surface area contributed by atoms with Gasteiger partial charge in [0.25, 0.3) is 0 Å². The van der Waals surface area contributed by atoms with Crippen molar-refractivity contribution in [2.75, 3.05) is 18.8 Å². The maximum absolute atomic E-state index is 13.5. The lowest BCUT2D eigenvalue weighted by atomic mass is 10.1. The van der Waals surface area contributed by atoms with E-state index >= 15 is 0 Å². The quantitative estimate of drug-likeness (QED) is 0.347. The molecule has 134 valence electrons. The summed E-state index contributed by atoms with van der Waals surface area (Å²) < 4.78 is 13.5. The molecule has 1 aromatic rings. The molecule has 2 N–H and O–H groups in total. The molecular formula is C18H22ClFN4O. The number of halogens is 2. The number of allylic oxidation sites excluding steroid dienone is 2. The molecule has 0 spiro atoms. The molecule has 1 heterocycles. The number of anilines is 1. The van der Waals surface area contributed by atoms with Gasteiger partial charge in [-0.15, -0.1) is 0 Å². The molecular weight excluding hydrogens is 343 g/mol. The highest BCUT2D eigenvalue weighted by Crippen LogP contribution is 2.20. The molecule has 0 aliphatic heterocycles. The second-order valence-corrected chi connectivity index (χ2v) is 6.52. The number of carbonyl (C=O) groups excluding carboxylic acids is 1. The largest absolute Gasteiger partial charge is 0.398 e. The predicted octanol–water partition coefficient (Wildman–Crippen LogP) is 3.65. The zero-order valence-corrected chi connectivity index (χ0v) is 15.6. The van der Waals surface area contributed by atoms with Gasteiger partial charge in [0.05, 0.1) is 18.7 Å². The second kappa shape index (κ2) is 9.25. The minimum absolute atomic E-state index is 0.0122. The molecule has 7 heteroatoms. The number of nitrogens with zero attached hydrogens (tertiary/aromatic N) is 3. The summed E-state index contributed by atoms with van der Waals surface area (Å²) in [6, 6.07) is 1.64. The van der Waals surface area contributed by atoms with Crippen molar-refractivity contribution in [3.8, 4) is 0 Å². The number of hydrogen-bond donors (Lipinski definition) is 1. The van der Waals surface area contributed by atoms with Crippen LogP contribution in [0.2, 0.25) is 5.15 Å². The van der Waals surface area contributed by atoms with Crippen molar-refractivity contribution in [3.63, 3.8) is 0 Å². The third-order valence-corrected chi connectivity index (χ3v) is 3.37. The average molecular weight is 365 g/mol. The first kappa shape index (κ1) is 20.7.